The summed E-state index contributed by atoms with van der Waals surface area (Å²) in [6.45, 7) is 16.6. The first-order valence-electron chi connectivity index (χ1n) is 16.5. The Balaban J connectivity index is 3.51. The van der Waals surface area contributed by atoms with E-state index in [-0.39, 0.29) is 45.7 Å². The van der Waals surface area contributed by atoms with Gasteiger partial charge < -0.3 is 50.7 Å². The molecule has 51 heavy (non-hydrogen) atoms. The summed E-state index contributed by atoms with van der Waals surface area (Å²) in [6, 6.07) is 5.75. The molecule has 2 atom stereocenters. The first-order valence-corrected chi connectivity index (χ1v) is 16.5. The van der Waals surface area contributed by atoms with E-state index in [9.17, 15) is 19.2 Å². The number of carbonyl (C=O) groups is 4. The highest BCUT2D eigenvalue weighted by molar-refractivity contribution is 5.82. The summed E-state index contributed by atoms with van der Waals surface area (Å²) in [4.78, 5) is 48.9. The van der Waals surface area contributed by atoms with Crippen molar-refractivity contribution in [2.45, 2.75) is 84.6 Å². The zero-order valence-electron chi connectivity index (χ0n) is 31.0. The lowest BCUT2D eigenvalue weighted by atomic mass is 9.97. The summed E-state index contributed by atoms with van der Waals surface area (Å²) in [6.07, 6.45) is 3.32. The first-order chi connectivity index (χ1) is 23.9. The predicted octanol–water partition coefficient (Wildman–Crippen LogP) is 3.59. The van der Waals surface area contributed by atoms with E-state index < -0.39 is 47.3 Å². The second kappa shape index (κ2) is 21.8. The van der Waals surface area contributed by atoms with E-state index in [1.807, 2.05) is 6.07 Å². The Bertz CT molecular complexity index is 1440. The van der Waals surface area contributed by atoms with Gasteiger partial charge in [-0.1, -0.05) is 18.7 Å². The highest BCUT2D eigenvalue weighted by atomic mass is 16.6. The molecule has 4 amide bonds. The van der Waals surface area contributed by atoms with Gasteiger partial charge in [0.1, 0.15) is 42.3 Å². The minimum atomic E-state index is -0.796. The number of allylic oxidation sites excluding steroid dienone is 3. The fraction of sp³-hybridized carbons (Fsp3) is 0.528. The molecule has 0 saturated carbocycles. The van der Waals surface area contributed by atoms with Crippen molar-refractivity contribution < 1.29 is 42.9 Å². The van der Waals surface area contributed by atoms with Crippen LogP contribution in [-0.4, -0.2) is 87.2 Å². The predicted molar refractivity (Wildman–Crippen MR) is 192 cm³/mol. The van der Waals surface area contributed by atoms with Crippen molar-refractivity contribution in [1.29, 1.82) is 5.26 Å². The van der Waals surface area contributed by atoms with Crippen molar-refractivity contribution in [3.63, 3.8) is 0 Å². The van der Waals surface area contributed by atoms with Gasteiger partial charge in [0, 0.05) is 23.8 Å². The maximum absolute atomic E-state index is 12.5. The number of methoxy groups -OCH3 is 1. The molecule has 0 bridgehead atoms. The van der Waals surface area contributed by atoms with Gasteiger partial charge in [0.2, 0.25) is 11.8 Å². The summed E-state index contributed by atoms with van der Waals surface area (Å²) in [5.41, 5.74) is 6.23. The number of rotatable bonds is 19. The summed E-state index contributed by atoms with van der Waals surface area (Å²) >= 11 is 0. The molecule has 0 aromatic heterocycles. The average molecular weight is 715 g/mol. The number of amides is 4. The molecule has 1 rings (SSSR count). The van der Waals surface area contributed by atoms with E-state index in [2.05, 4.69) is 27.8 Å². The normalized spacial score (nSPS) is 13.0. The SMILES string of the molecule is C=C/C(=C(\C=C/OC)OCCNC(=O)OC(C)(C)C)c1cc(C[C@@H](CNC(=O)CC#N)NC(=O)[C@H](C)N)ccc1OCCNC(=O)OC(C)(C)C. The van der Waals surface area contributed by atoms with E-state index in [0.717, 1.165) is 5.56 Å². The molecule has 0 saturated heterocycles. The van der Waals surface area contributed by atoms with Crippen LogP contribution < -0.4 is 31.7 Å². The Morgan fingerprint density at radius 1 is 0.980 bits per heavy atom. The van der Waals surface area contributed by atoms with Crippen LogP contribution in [0.2, 0.25) is 0 Å². The molecule has 15 heteroatoms. The smallest absolute Gasteiger partial charge is 0.407 e. The quantitative estimate of drug-likeness (QED) is 0.0794. The van der Waals surface area contributed by atoms with Crippen LogP contribution in [-0.2, 0) is 35.0 Å². The van der Waals surface area contributed by atoms with Gasteiger partial charge in [-0.2, -0.15) is 5.26 Å². The number of nitrogens with zero attached hydrogens (tertiary/aromatic N) is 1. The van der Waals surface area contributed by atoms with E-state index >= 15 is 0 Å². The van der Waals surface area contributed by atoms with Crippen LogP contribution in [0.15, 0.2) is 49.0 Å². The molecule has 15 nitrogen and oxygen atoms in total. The van der Waals surface area contributed by atoms with Crippen LogP contribution in [0, 0.1) is 11.3 Å². The third kappa shape index (κ3) is 18.9. The third-order valence-corrected chi connectivity index (χ3v) is 6.24. The van der Waals surface area contributed by atoms with E-state index in [0.29, 0.717) is 22.6 Å². The third-order valence-electron chi connectivity index (χ3n) is 6.24. The molecular weight excluding hydrogens is 660 g/mol. The largest absolute Gasteiger partial charge is 0.504 e. The van der Waals surface area contributed by atoms with E-state index in [1.165, 1.54) is 13.4 Å². The van der Waals surface area contributed by atoms with Crippen LogP contribution in [0.4, 0.5) is 9.59 Å². The fourth-order valence-electron chi connectivity index (χ4n) is 4.15. The minimum absolute atomic E-state index is 0.0443. The number of nitrogens with one attached hydrogen (secondary N) is 4. The monoisotopic (exact) mass is 714 g/mol. The van der Waals surface area contributed by atoms with Crippen LogP contribution in [0.3, 0.4) is 0 Å². The van der Waals surface area contributed by atoms with Gasteiger partial charge in [-0.25, -0.2) is 9.59 Å². The van der Waals surface area contributed by atoms with Crippen LogP contribution >= 0.6 is 0 Å². The van der Waals surface area contributed by atoms with Gasteiger partial charge in [-0.3, -0.25) is 9.59 Å². The number of nitriles is 1. The van der Waals surface area contributed by atoms with Gasteiger partial charge in [0.05, 0.1) is 44.6 Å². The van der Waals surface area contributed by atoms with Crippen molar-refractivity contribution in [2.75, 3.05) is 40.0 Å². The Morgan fingerprint density at radius 3 is 2.12 bits per heavy atom. The summed E-state index contributed by atoms with van der Waals surface area (Å²) in [5, 5.41) is 19.7. The first kappa shape index (κ1) is 43.8. The molecule has 0 radical (unpaired) electrons. The van der Waals surface area contributed by atoms with Crippen LogP contribution in [0.1, 0.15) is 66.0 Å². The second-order valence-electron chi connectivity index (χ2n) is 13.2. The standard InChI is InChI=1S/C36H54N6O9/c1-10-27(30(14-18-47-9)49-20-17-40-34(46)51-36(6,7)8)28-22-25(11-12-29(28)48-19-16-39-33(45)50-35(3,4)5)21-26(42-32(44)24(2)38)23-41-31(43)13-15-37/h10-12,14,18,22,24,26H,1,13,16-17,19-21,23,38H2,2-9H3,(H,39,45)(H,40,46)(H,41,43)(H,42,44)/b18-14-,30-27-/t24-,26-/m0/s1. The van der Waals surface area contributed by atoms with Gasteiger partial charge >= 0.3 is 12.2 Å². The molecule has 0 aliphatic carbocycles. The number of ether oxygens (including phenoxy) is 5. The highest BCUT2D eigenvalue weighted by Gasteiger charge is 2.21. The molecule has 0 spiro atoms. The van der Waals surface area contributed by atoms with Crippen molar-refractivity contribution in [3.05, 3.63) is 60.1 Å². The van der Waals surface area contributed by atoms with Crippen molar-refractivity contribution in [1.82, 2.24) is 21.3 Å². The number of hydrogen-bond acceptors (Lipinski definition) is 11. The lowest BCUT2D eigenvalue weighted by molar-refractivity contribution is -0.123. The van der Waals surface area contributed by atoms with E-state index in [1.54, 1.807) is 78.8 Å². The van der Waals surface area contributed by atoms with Gasteiger partial charge in [0.15, 0.2) is 0 Å². The minimum Gasteiger partial charge on any atom is -0.504 e. The molecule has 0 fully saturated rings. The molecule has 1 aromatic rings. The van der Waals surface area contributed by atoms with Crippen LogP contribution in [0.5, 0.6) is 5.75 Å². The van der Waals surface area contributed by atoms with E-state index in [4.69, 9.17) is 34.7 Å². The van der Waals surface area contributed by atoms with Gasteiger partial charge in [-0.15, -0.1) is 0 Å². The number of benzene rings is 1. The number of carbonyl (C=O) groups excluding carboxylic acids is 4. The Kier molecular flexibility index (Phi) is 18.7. The van der Waals surface area contributed by atoms with Gasteiger partial charge in [0.25, 0.3) is 0 Å². The summed E-state index contributed by atoms with van der Waals surface area (Å²) in [7, 11) is 1.48. The van der Waals surface area contributed by atoms with Gasteiger partial charge in [-0.05, 0) is 72.6 Å². The highest BCUT2D eigenvalue weighted by Crippen LogP contribution is 2.32. The molecule has 0 heterocycles. The number of alkyl carbamates (subject to hydrolysis) is 2. The molecule has 282 valence electrons. The van der Waals surface area contributed by atoms with Crippen LogP contribution in [0.25, 0.3) is 5.57 Å². The average Bonchev–Trinajstić information content (AvgIpc) is 3.01. The molecule has 1 aromatic carbocycles. The second-order valence-corrected chi connectivity index (χ2v) is 13.2. The Hall–Kier alpha value is -5.23. The Labute approximate surface area is 300 Å². The van der Waals surface area contributed by atoms with Crippen molar-refractivity contribution in [2.24, 2.45) is 5.73 Å². The molecule has 0 aliphatic heterocycles. The summed E-state index contributed by atoms with van der Waals surface area (Å²) < 4.78 is 27.9. The maximum atomic E-state index is 12.5. The topological polar surface area (TPSA) is 212 Å². The number of nitrogens with two attached hydrogens (primary N) is 1. The summed E-state index contributed by atoms with van der Waals surface area (Å²) in [5.74, 6) is -0.153. The fourth-order valence-corrected chi connectivity index (χ4v) is 4.15. The lowest BCUT2D eigenvalue weighted by Crippen LogP contribution is -2.49. The zero-order valence-corrected chi connectivity index (χ0v) is 31.0. The lowest BCUT2D eigenvalue weighted by Gasteiger charge is -2.22. The van der Waals surface area contributed by atoms with Crippen molar-refractivity contribution in [3.8, 4) is 11.8 Å². The number of hydrogen-bond donors (Lipinski definition) is 5. The zero-order chi connectivity index (χ0) is 38.6. The Morgan fingerprint density at radius 2 is 1.59 bits per heavy atom. The molecular formula is C36H54N6O9. The van der Waals surface area contributed by atoms with Crippen molar-refractivity contribution >= 4 is 29.6 Å². The molecule has 6 N–H and O–H groups in total. The molecule has 0 aliphatic rings. The molecule has 0 unspecified atom stereocenters. The maximum Gasteiger partial charge on any atom is 0.407 e.